The van der Waals surface area contributed by atoms with E-state index in [0.29, 0.717) is 6.04 Å². The summed E-state index contributed by atoms with van der Waals surface area (Å²) in [7, 11) is 0. The summed E-state index contributed by atoms with van der Waals surface area (Å²) in [6.45, 7) is 3.86. The molecule has 2 aliphatic rings. The maximum Gasteiger partial charge on any atom is 0.0615 e. The smallest absolute Gasteiger partial charge is 0.0615 e. The van der Waals surface area contributed by atoms with Gasteiger partial charge in [-0.15, -0.1) is 0 Å². The normalized spacial score (nSPS) is 17.1. The lowest BCUT2D eigenvalue weighted by atomic mass is 10.0. The number of hydrogen-bond donors (Lipinski definition) is 0. The van der Waals surface area contributed by atoms with Gasteiger partial charge >= 0.3 is 0 Å². The Labute approximate surface area is 170 Å². The van der Waals surface area contributed by atoms with Crippen LogP contribution in [0.25, 0.3) is 11.1 Å². The number of nitrogens with zero attached hydrogens (tertiary/aromatic N) is 3. The minimum absolute atomic E-state index is 0.353. The van der Waals surface area contributed by atoms with Crippen molar-refractivity contribution in [2.45, 2.75) is 6.04 Å². The van der Waals surface area contributed by atoms with Gasteiger partial charge < -0.3 is 0 Å². The maximum absolute atomic E-state index is 6.06. The molecule has 1 fully saturated rings. The molecule has 0 N–H and O–H groups in total. The van der Waals surface area contributed by atoms with E-state index in [-0.39, 0.29) is 0 Å². The fourth-order valence-electron chi connectivity index (χ4n) is 4.34. The van der Waals surface area contributed by atoms with E-state index < -0.39 is 0 Å². The molecule has 1 aliphatic heterocycles. The zero-order chi connectivity index (χ0) is 18.9. The van der Waals surface area contributed by atoms with Gasteiger partial charge in [0, 0.05) is 31.2 Å². The summed E-state index contributed by atoms with van der Waals surface area (Å²) in [5.41, 5.74) is 6.65. The molecule has 3 nitrogen and oxygen atoms in total. The molecule has 3 aromatic rings. The second-order valence-corrected chi connectivity index (χ2v) is 7.80. The zero-order valence-corrected chi connectivity index (χ0v) is 16.4. The Hall–Kier alpha value is -2.62. The highest BCUT2D eigenvalue weighted by Gasteiger charge is 2.33. The molecule has 0 unspecified atom stereocenters. The lowest BCUT2D eigenvalue weighted by Crippen LogP contribution is -2.45. The van der Waals surface area contributed by atoms with Crippen LogP contribution in [-0.2, 0) is 0 Å². The Balaban J connectivity index is 1.32. The molecule has 5 rings (SSSR count). The van der Waals surface area contributed by atoms with Gasteiger partial charge in [-0.05, 0) is 39.9 Å². The van der Waals surface area contributed by atoms with Crippen LogP contribution in [0.1, 0.15) is 22.7 Å². The summed E-state index contributed by atoms with van der Waals surface area (Å²) in [4.78, 5) is 2.59. The topological polar surface area (TPSA) is 18.8 Å². The molecular weight excluding hydrogens is 366 g/mol. The van der Waals surface area contributed by atoms with Gasteiger partial charge in [-0.1, -0.05) is 72.3 Å². The Morgan fingerprint density at radius 3 is 2.07 bits per heavy atom. The summed E-state index contributed by atoms with van der Waals surface area (Å²) in [5.74, 6) is 0. The number of benzene rings is 3. The van der Waals surface area contributed by atoms with Crippen molar-refractivity contribution in [3.63, 3.8) is 0 Å². The van der Waals surface area contributed by atoms with E-state index in [1.54, 1.807) is 0 Å². The molecule has 140 valence electrons. The van der Waals surface area contributed by atoms with Crippen LogP contribution in [-0.4, -0.2) is 42.3 Å². The van der Waals surface area contributed by atoms with Crippen LogP contribution in [0, 0.1) is 0 Å². The highest BCUT2D eigenvalue weighted by Crippen LogP contribution is 2.46. The van der Waals surface area contributed by atoms with Crippen molar-refractivity contribution in [1.82, 2.24) is 9.91 Å². The average Bonchev–Trinajstić information content (AvgIpc) is 3.07. The summed E-state index contributed by atoms with van der Waals surface area (Å²) < 4.78 is 0. The molecular formula is C24H22ClN3. The van der Waals surface area contributed by atoms with Crippen LogP contribution in [0.2, 0.25) is 5.02 Å². The first-order valence-electron chi connectivity index (χ1n) is 9.76. The third kappa shape index (κ3) is 3.21. The molecule has 4 heteroatoms. The predicted molar refractivity (Wildman–Crippen MR) is 116 cm³/mol. The summed E-state index contributed by atoms with van der Waals surface area (Å²) in [5, 5.41) is 7.57. The number of hydrazone groups is 1. The second kappa shape index (κ2) is 7.42. The number of hydrogen-bond acceptors (Lipinski definition) is 3. The van der Waals surface area contributed by atoms with E-state index in [2.05, 4.69) is 63.5 Å². The van der Waals surface area contributed by atoms with Gasteiger partial charge in [0.2, 0.25) is 0 Å². The Morgan fingerprint density at radius 2 is 1.43 bits per heavy atom. The van der Waals surface area contributed by atoms with Crippen molar-refractivity contribution in [2.75, 3.05) is 26.2 Å². The SMILES string of the molecule is Clc1cccc(/C=N\N2CCN(C3c4ccccc4-c4ccccc43)CC2)c1. The second-order valence-electron chi connectivity index (χ2n) is 7.37. The summed E-state index contributed by atoms with van der Waals surface area (Å²) in [6, 6.07) is 25.8. The van der Waals surface area contributed by atoms with Crippen molar-refractivity contribution in [2.24, 2.45) is 5.10 Å². The first-order chi connectivity index (χ1) is 13.8. The fraction of sp³-hybridized carbons (Fsp3) is 0.208. The van der Waals surface area contributed by atoms with E-state index in [0.717, 1.165) is 36.8 Å². The molecule has 0 aromatic heterocycles. The Morgan fingerprint density at radius 1 is 0.786 bits per heavy atom. The molecule has 0 amide bonds. The largest absolute Gasteiger partial charge is 0.294 e. The lowest BCUT2D eigenvalue weighted by molar-refractivity contribution is 0.114. The molecule has 3 aromatic carbocycles. The summed E-state index contributed by atoms with van der Waals surface area (Å²) in [6.07, 6.45) is 1.90. The first kappa shape index (κ1) is 17.5. The van der Waals surface area contributed by atoms with Gasteiger partial charge in [-0.2, -0.15) is 5.10 Å². The van der Waals surface area contributed by atoms with Crippen molar-refractivity contribution in [3.05, 3.63) is 94.5 Å². The minimum Gasteiger partial charge on any atom is -0.294 e. The Kier molecular flexibility index (Phi) is 4.63. The first-order valence-corrected chi connectivity index (χ1v) is 10.1. The van der Waals surface area contributed by atoms with E-state index in [1.807, 2.05) is 30.5 Å². The molecule has 28 heavy (non-hydrogen) atoms. The quantitative estimate of drug-likeness (QED) is 0.585. The number of halogens is 1. The number of piperazine rings is 1. The molecule has 1 aliphatic carbocycles. The molecule has 0 saturated carbocycles. The maximum atomic E-state index is 6.06. The molecule has 0 atom stereocenters. The standard InChI is InChI=1S/C24H22ClN3/c25-19-7-5-6-18(16-19)17-26-28-14-12-27(13-15-28)24-22-10-3-1-8-20(22)21-9-2-4-11-23(21)24/h1-11,16-17,24H,12-15H2/b26-17-. The van der Waals surface area contributed by atoms with E-state index in [9.17, 15) is 0 Å². The third-order valence-corrected chi connectivity index (χ3v) is 5.91. The highest BCUT2D eigenvalue weighted by molar-refractivity contribution is 6.30. The van der Waals surface area contributed by atoms with Crippen molar-refractivity contribution < 1.29 is 0 Å². The monoisotopic (exact) mass is 387 g/mol. The van der Waals surface area contributed by atoms with Crippen LogP contribution in [0.15, 0.2) is 77.9 Å². The average molecular weight is 388 g/mol. The lowest BCUT2D eigenvalue weighted by Gasteiger charge is -2.37. The fourth-order valence-corrected chi connectivity index (χ4v) is 4.54. The van der Waals surface area contributed by atoms with Crippen LogP contribution in [0.3, 0.4) is 0 Å². The Bertz CT molecular complexity index is 976. The van der Waals surface area contributed by atoms with Gasteiger partial charge in [0.1, 0.15) is 0 Å². The highest BCUT2D eigenvalue weighted by atomic mass is 35.5. The van der Waals surface area contributed by atoms with Crippen molar-refractivity contribution in [3.8, 4) is 11.1 Å². The van der Waals surface area contributed by atoms with Crippen LogP contribution in [0.4, 0.5) is 0 Å². The molecule has 0 radical (unpaired) electrons. The molecule has 0 bridgehead atoms. The van der Waals surface area contributed by atoms with Crippen molar-refractivity contribution >= 4 is 17.8 Å². The van der Waals surface area contributed by atoms with Gasteiger partial charge in [-0.3, -0.25) is 9.91 Å². The van der Waals surface area contributed by atoms with Gasteiger partial charge in [0.05, 0.1) is 12.3 Å². The van der Waals surface area contributed by atoms with Crippen LogP contribution in [0.5, 0.6) is 0 Å². The van der Waals surface area contributed by atoms with E-state index in [1.165, 1.54) is 22.3 Å². The minimum atomic E-state index is 0.353. The zero-order valence-electron chi connectivity index (χ0n) is 15.6. The molecule has 1 heterocycles. The van der Waals surface area contributed by atoms with Gasteiger partial charge in [-0.25, -0.2) is 0 Å². The molecule has 0 spiro atoms. The van der Waals surface area contributed by atoms with Crippen LogP contribution < -0.4 is 0 Å². The van der Waals surface area contributed by atoms with Gasteiger partial charge in [0.15, 0.2) is 0 Å². The number of rotatable bonds is 3. The summed E-state index contributed by atoms with van der Waals surface area (Å²) >= 11 is 6.06. The van der Waals surface area contributed by atoms with E-state index >= 15 is 0 Å². The molecule has 1 saturated heterocycles. The van der Waals surface area contributed by atoms with Crippen molar-refractivity contribution in [1.29, 1.82) is 0 Å². The number of fused-ring (bicyclic) bond motifs is 3. The third-order valence-electron chi connectivity index (χ3n) is 5.68. The van der Waals surface area contributed by atoms with Crippen LogP contribution >= 0.6 is 11.6 Å². The predicted octanol–water partition coefficient (Wildman–Crippen LogP) is 5.06. The van der Waals surface area contributed by atoms with E-state index in [4.69, 9.17) is 11.6 Å². The van der Waals surface area contributed by atoms with Gasteiger partial charge in [0.25, 0.3) is 0 Å².